The summed E-state index contributed by atoms with van der Waals surface area (Å²) in [5.41, 5.74) is 1.32. The van der Waals surface area contributed by atoms with Crippen LogP contribution in [0.2, 0.25) is 0 Å². The van der Waals surface area contributed by atoms with Gasteiger partial charge in [-0.3, -0.25) is 4.79 Å². The van der Waals surface area contributed by atoms with Gasteiger partial charge in [0.1, 0.15) is 0 Å². The monoisotopic (exact) mass is 248 g/mol. The van der Waals surface area contributed by atoms with E-state index in [1.54, 1.807) is 37.3 Å². The molecule has 0 spiro atoms. The number of methoxy groups -OCH3 is 1. The summed E-state index contributed by atoms with van der Waals surface area (Å²) in [5, 5.41) is 0. The summed E-state index contributed by atoms with van der Waals surface area (Å²) >= 11 is 0. The molecule has 0 heterocycles. The molecule has 0 aliphatic carbocycles. The summed E-state index contributed by atoms with van der Waals surface area (Å²) in [6.45, 7) is 2.14. The van der Waals surface area contributed by atoms with E-state index in [4.69, 9.17) is 4.74 Å². The number of carbonyl (C=O) groups excluding carboxylic acids is 2. The van der Waals surface area contributed by atoms with E-state index < -0.39 is 0 Å². The molecule has 96 valence electrons. The minimum Gasteiger partial charge on any atom is -0.466 e. The van der Waals surface area contributed by atoms with Crippen molar-refractivity contribution in [1.29, 1.82) is 0 Å². The van der Waals surface area contributed by atoms with Crippen molar-refractivity contribution in [3.8, 4) is 0 Å². The second-order valence-electron chi connectivity index (χ2n) is 3.53. The molecule has 1 rings (SSSR count). The topological polar surface area (TPSA) is 52.6 Å². The lowest BCUT2D eigenvalue weighted by Gasteiger charge is -2.00. The van der Waals surface area contributed by atoms with E-state index in [0.29, 0.717) is 12.2 Å². The third-order valence-electron chi connectivity index (χ3n) is 2.21. The Kier molecular flexibility index (Phi) is 5.64. The lowest BCUT2D eigenvalue weighted by Crippen LogP contribution is -2.01. The molecule has 4 nitrogen and oxygen atoms in total. The SMILES string of the molecule is CCOC(=O)CC=Cc1cccc(C(=O)OC)c1. The maximum Gasteiger partial charge on any atom is 0.337 e. The van der Waals surface area contributed by atoms with Crippen LogP contribution in [0, 0.1) is 0 Å². The van der Waals surface area contributed by atoms with Gasteiger partial charge in [0.15, 0.2) is 0 Å². The van der Waals surface area contributed by atoms with Gasteiger partial charge in [-0.05, 0) is 24.6 Å². The van der Waals surface area contributed by atoms with Crippen LogP contribution in [0.15, 0.2) is 30.3 Å². The highest BCUT2D eigenvalue weighted by atomic mass is 16.5. The normalized spacial score (nSPS) is 10.3. The van der Waals surface area contributed by atoms with Crippen molar-refractivity contribution in [2.75, 3.05) is 13.7 Å². The number of rotatable bonds is 5. The lowest BCUT2D eigenvalue weighted by atomic mass is 10.1. The van der Waals surface area contributed by atoms with Gasteiger partial charge in [0, 0.05) is 0 Å². The van der Waals surface area contributed by atoms with E-state index in [2.05, 4.69) is 4.74 Å². The van der Waals surface area contributed by atoms with Crippen molar-refractivity contribution in [1.82, 2.24) is 0 Å². The molecule has 0 saturated heterocycles. The summed E-state index contributed by atoms with van der Waals surface area (Å²) in [7, 11) is 1.34. The highest BCUT2D eigenvalue weighted by Crippen LogP contribution is 2.08. The second kappa shape index (κ2) is 7.27. The van der Waals surface area contributed by atoms with Crippen LogP contribution in [0.3, 0.4) is 0 Å². The summed E-state index contributed by atoms with van der Waals surface area (Å²) in [4.78, 5) is 22.4. The Labute approximate surface area is 106 Å². The fourth-order valence-corrected chi connectivity index (χ4v) is 1.40. The number of carbonyl (C=O) groups is 2. The first kappa shape index (κ1) is 14.0. The zero-order chi connectivity index (χ0) is 13.4. The van der Waals surface area contributed by atoms with Gasteiger partial charge in [0.05, 0.1) is 25.7 Å². The smallest absolute Gasteiger partial charge is 0.337 e. The van der Waals surface area contributed by atoms with Gasteiger partial charge < -0.3 is 9.47 Å². The van der Waals surface area contributed by atoms with Crippen molar-refractivity contribution >= 4 is 18.0 Å². The van der Waals surface area contributed by atoms with Crippen LogP contribution in [0.5, 0.6) is 0 Å². The zero-order valence-corrected chi connectivity index (χ0v) is 10.5. The minimum atomic E-state index is -0.379. The van der Waals surface area contributed by atoms with Crippen molar-refractivity contribution < 1.29 is 19.1 Å². The van der Waals surface area contributed by atoms with Crippen molar-refractivity contribution in [3.05, 3.63) is 41.5 Å². The number of hydrogen-bond donors (Lipinski definition) is 0. The molecule has 0 aliphatic heterocycles. The van der Waals surface area contributed by atoms with Crippen LogP contribution >= 0.6 is 0 Å². The third-order valence-corrected chi connectivity index (χ3v) is 2.21. The third kappa shape index (κ3) is 4.41. The maximum atomic E-state index is 11.3. The van der Waals surface area contributed by atoms with Gasteiger partial charge in [0.2, 0.25) is 0 Å². The van der Waals surface area contributed by atoms with E-state index >= 15 is 0 Å². The molecule has 1 aromatic rings. The quantitative estimate of drug-likeness (QED) is 0.751. The molecule has 0 saturated carbocycles. The Balaban J connectivity index is 2.64. The molecule has 0 unspecified atom stereocenters. The molecule has 0 radical (unpaired) electrons. The molecule has 1 aromatic carbocycles. The van der Waals surface area contributed by atoms with Gasteiger partial charge >= 0.3 is 11.9 Å². The minimum absolute atomic E-state index is 0.219. The van der Waals surface area contributed by atoms with Crippen LogP contribution in [-0.4, -0.2) is 25.7 Å². The van der Waals surface area contributed by atoms with E-state index in [1.165, 1.54) is 7.11 Å². The molecule has 4 heteroatoms. The molecular formula is C14H16O4. The molecule has 0 amide bonds. The lowest BCUT2D eigenvalue weighted by molar-refractivity contribution is -0.142. The highest BCUT2D eigenvalue weighted by Gasteiger charge is 2.04. The van der Waals surface area contributed by atoms with Gasteiger partial charge in [-0.15, -0.1) is 0 Å². The Morgan fingerprint density at radius 1 is 1.33 bits per heavy atom. The molecule has 0 atom stereocenters. The molecule has 0 aliphatic rings. The van der Waals surface area contributed by atoms with E-state index in [-0.39, 0.29) is 18.4 Å². The molecule has 18 heavy (non-hydrogen) atoms. The van der Waals surface area contributed by atoms with Crippen LogP contribution in [0.25, 0.3) is 6.08 Å². The Hall–Kier alpha value is -2.10. The van der Waals surface area contributed by atoms with Crippen LogP contribution < -0.4 is 0 Å². The zero-order valence-electron chi connectivity index (χ0n) is 10.5. The first-order chi connectivity index (χ1) is 8.67. The molecule has 0 N–H and O–H groups in total. The van der Waals surface area contributed by atoms with E-state index in [0.717, 1.165) is 5.56 Å². The predicted octanol–water partition coefficient (Wildman–Crippen LogP) is 2.44. The average Bonchev–Trinajstić information content (AvgIpc) is 2.38. The number of benzene rings is 1. The number of ether oxygens (including phenoxy) is 2. The van der Waals surface area contributed by atoms with Crippen molar-refractivity contribution in [2.24, 2.45) is 0 Å². The van der Waals surface area contributed by atoms with Gasteiger partial charge in [0.25, 0.3) is 0 Å². The van der Waals surface area contributed by atoms with Gasteiger partial charge in [-0.2, -0.15) is 0 Å². The van der Waals surface area contributed by atoms with Crippen molar-refractivity contribution in [2.45, 2.75) is 13.3 Å². The number of hydrogen-bond acceptors (Lipinski definition) is 4. The van der Waals surface area contributed by atoms with Gasteiger partial charge in [-0.25, -0.2) is 4.79 Å². The Morgan fingerprint density at radius 2 is 2.11 bits per heavy atom. The molecule has 0 bridgehead atoms. The van der Waals surface area contributed by atoms with E-state index in [1.807, 2.05) is 6.07 Å². The molecular weight excluding hydrogens is 232 g/mol. The summed E-state index contributed by atoms with van der Waals surface area (Å²) in [6, 6.07) is 6.98. The van der Waals surface area contributed by atoms with Crippen molar-refractivity contribution in [3.63, 3.8) is 0 Å². The molecule has 0 fully saturated rings. The highest BCUT2D eigenvalue weighted by molar-refractivity contribution is 5.90. The average molecular weight is 248 g/mol. The number of esters is 2. The Morgan fingerprint density at radius 3 is 2.78 bits per heavy atom. The summed E-state index contributed by atoms with van der Waals surface area (Å²) in [5.74, 6) is -0.645. The van der Waals surface area contributed by atoms with Crippen LogP contribution in [-0.2, 0) is 14.3 Å². The standard InChI is InChI=1S/C14H16O4/c1-3-18-13(15)9-5-7-11-6-4-8-12(10-11)14(16)17-2/h4-8,10H,3,9H2,1-2H3. The fraction of sp³-hybridized carbons (Fsp3) is 0.286. The van der Waals surface area contributed by atoms with Gasteiger partial charge in [-0.1, -0.05) is 24.3 Å². The summed E-state index contributed by atoms with van der Waals surface area (Å²) in [6.07, 6.45) is 3.69. The first-order valence-corrected chi connectivity index (χ1v) is 5.68. The Bertz CT molecular complexity index is 449. The maximum absolute atomic E-state index is 11.3. The van der Waals surface area contributed by atoms with E-state index in [9.17, 15) is 9.59 Å². The second-order valence-corrected chi connectivity index (χ2v) is 3.53. The van der Waals surface area contributed by atoms with Crippen LogP contribution in [0.4, 0.5) is 0 Å². The fourth-order valence-electron chi connectivity index (χ4n) is 1.40. The first-order valence-electron chi connectivity index (χ1n) is 5.68. The predicted molar refractivity (Wildman–Crippen MR) is 68.1 cm³/mol. The van der Waals surface area contributed by atoms with Crippen LogP contribution in [0.1, 0.15) is 29.3 Å². The molecule has 0 aromatic heterocycles. The summed E-state index contributed by atoms with van der Waals surface area (Å²) < 4.78 is 9.42. The largest absolute Gasteiger partial charge is 0.466 e.